The van der Waals surface area contributed by atoms with Crippen LogP contribution < -0.4 is 11.1 Å². The molecule has 2 rings (SSSR count). The van der Waals surface area contributed by atoms with Gasteiger partial charge in [0, 0.05) is 17.6 Å². The van der Waals surface area contributed by atoms with E-state index >= 15 is 0 Å². The molecule has 0 bridgehead atoms. The first-order valence-electron chi connectivity index (χ1n) is 6.11. The van der Waals surface area contributed by atoms with Crippen LogP contribution in [0.1, 0.15) is 31.3 Å². The Labute approximate surface area is 111 Å². The van der Waals surface area contributed by atoms with Gasteiger partial charge in [0.15, 0.2) is 0 Å². The molecule has 3 unspecified atom stereocenters. The number of thiazole rings is 1. The van der Waals surface area contributed by atoms with Gasteiger partial charge in [-0.15, -0.1) is 11.3 Å². The van der Waals surface area contributed by atoms with Crippen LogP contribution in [0, 0.1) is 5.41 Å². The molecule has 1 fully saturated rings. The number of aromatic nitrogens is 1. The zero-order valence-electron chi connectivity index (χ0n) is 10.7. The summed E-state index contributed by atoms with van der Waals surface area (Å²) < 4.78 is 5.30. The molecule has 3 atom stereocenters. The second kappa shape index (κ2) is 5.34. The predicted molar refractivity (Wildman–Crippen MR) is 70.2 cm³/mol. The van der Waals surface area contributed by atoms with Crippen LogP contribution >= 0.6 is 11.3 Å². The van der Waals surface area contributed by atoms with Crippen LogP contribution in [0.2, 0.25) is 0 Å². The summed E-state index contributed by atoms with van der Waals surface area (Å²) in [5.41, 5.74) is 5.32. The van der Waals surface area contributed by atoms with Crippen molar-refractivity contribution in [3.8, 4) is 0 Å². The first-order valence-corrected chi connectivity index (χ1v) is 6.99. The standard InChI is InChI=1S/C12H19N3O2S/c1-3-8(10-14-4-5-18-10)15-11(16)12(2)7-17-6-9(12)13/h4-5,8-9H,3,6-7,13H2,1-2H3,(H,15,16). The molecule has 1 saturated heterocycles. The Hall–Kier alpha value is -0.980. The predicted octanol–water partition coefficient (Wildman–Crippen LogP) is 1.07. The van der Waals surface area contributed by atoms with Gasteiger partial charge >= 0.3 is 0 Å². The van der Waals surface area contributed by atoms with Crippen LogP contribution in [0.4, 0.5) is 0 Å². The maximum atomic E-state index is 12.3. The van der Waals surface area contributed by atoms with Crippen LogP contribution in [0.15, 0.2) is 11.6 Å². The highest BCUT2D eigenvalue weighted by Gasteiger charge is 2.44. The van der Waals surface area contributed by atoms with E-state index in [0.717, 1.165) is 11.4 Å². The summed E-state index contributed by atoms with van der Waals surface area (Å²) in [5.74, 6) is -0.0467. The van der Waals surface area contributed by atoms with Gasteiger partial charge in [-0.2, -0.15) is 0 Å². The molecule has 5 nitrogen and oxygen atoms in total. The summed E-state index contributed by atoms with van der Waals surface area (Å²) in [5, 5.41) is 5.88. The molecule has 1 aromatic heterocycles. The van der Waals surface area contributed by atoms with Crippen LogP contribution in [0.3, 0.4) is 0 Å². The average molecular weight is 269 g/mol. The van der Waals surface area contributed by atoms with Gasteiger partial charge in [0.1, 0.15) is 5.01 Å². The smallest absolute Gasteiger partial charge is 0.230 e. The van der Waals surface area contributed by atoms with E-state index < -0.39 is 5.41 Å². The minimum Gasteiger partial charge on any atom is -0.379 e. The van der Waals surface area contributed by atoms with Crippen LogP contribution in [-0.4, -0.2) is 30.1 Å². The molecule has 0 aliphatic carbocycles. The van der Waals surface area contributed by atoms with Crippen molar-refractivity contribution in [1.82, 2.24) is 10.3 Å². The van der Waals surface area contributed by atoms with E-state index in [9.17, 15) is 4.79 Å². The summed E-state index contributed by atoms with van der Waals surface area (Å²) >= 11 is 1.55. The fourth-order valence-electron chi connectivity index (χ4n) is 1.99. The highest BCUT2D eigenvalue weighted by atomic mass is 32.1. The van der Waals surface area contributed by atoms with Gasteiger partial charge in [-0.1, -0.05) is 6.92 Å². The van der Waals surface area contributed by atoms with E-state index in [2.05, 4.69) is 10.3 Å². The van der Waals surface area contributed by atoms with Gasteiger partial charge in [-0.3, -0.25) is 4.79 Å². The van der Waals surface area contributed by atoms with Crippen LogP contribution in [-0.2, 0) is 9.53 Å². The summed E-state index contributed by atoms with van der Waals surface area (Å²) in [4.78, 5) is 16.6. The van der Waals surface area contributed by atoms with Gasteiger partial charge in [0.2, 0.25) is 5.91 Å². The third kappa shape index (κ3) is 2.41. The highest BCUT2D eigenvalue weighted by molar-refractivity contribution is 7.09. The van der Waals surface area contributed by atoms with E-state index in [-0.39, 0.29) is 18.0 Å². The first-order chi connectivity index (χ1) is 8.58. The number of rotatable bonds is 4. The number of hydrogen-bond donors (Lipinski definition) is 2. The maximum absolute atomic E-state index is 12.3. The van der Waals surface area contributed by atoms with Crippen molar-refractivity contribution < 1.29 is 9.53 Å². The molecular formula is C12H19N3O2S. The van der Waals surface area contributed by atoms with Crippen molar-refractivity contribution in [2.45, 2.75) is 32.4 Å². The Balaban J connectivity index is 2.06. The summed E-state index contributed by atoms with van der Waals surface area (Å²) in [6.07, 6.45) is 2.56. The van der Waals surface area contributed by atoms with Crippen molar-refractivity contribution in [2.75, 3.05) is 13.2 Å². The molecule has 0 radical (unpaired) electrons. The van der Waals surface area contributed by atoms with Crippen molar-refractivity contribution in [3.63, 3.8) is 0 Å². The van der Waals surface area contributed by atoms with Crippen molar-refractivity contribution >= 4 is 17.2 Å². The molecule has 0 saturated carbocycles. The fourth-order valence-corrected chi connectivity index (χ4v) is 2.76. The molecule has 18 heavy (non-hydrogen) atoms. The van der Waals surface area contributed by atoms with E-state index in [4.69, 9.17) is 10.5 Å². The highest BCUT2D eigenvalue weighted by Crippen LogP contribution is 2.29. The Morgan fingerprint density at radius 3 is 3.11 bits per heavy atom. The van der Waals surface area contributed by atoms with Crippen molar-refractivity contribution in [1.29, 1.82) is 0 Å². The molecule has 3 N–H and O–H groups in total. The largest absolute Gasteiger partial charge is 0.379 e. The Bertz CT molecular complexity index is 409. The zero-order chi connectivity index (χ0) is 13.2. The molecule has 1 aliphatic rings. The van der Waals surface area contributed by atoms with Gasteiger partial charge in [-0.05, 0) is 13.3 Å². The molecule has 1 aliphatic heterocycles. The quantitative estimate of drug-likeness (QED) is 0.857. The van der Waals surface area contributed by atoms with E-state index in [0.29, 0.717) is 13.2 Å². The summed E-state index contributed by atoms with van der Waals surface area (Å²) in [6.45, 7) is 4.71. The number of nitrogens with zero attached hydrogens (tertiary/aromatic N) is 1. The van der Waals surface area contributed by atoms with Gasteiger partial charge in [-0.25, -0.2) is 4.98 Å². The Morgan fingerprint density at radius 1 is 1.83 bits per heavy atom. The maximum Gasteiger partial charge on any atom is 0.230 e. The second-order valence-corrected chi connectivity index (χ2v) is 5.77. The van der Waals surface area contributed by atoms with Crippen LogP contribution in [0.25, 0.3) is 0 Å². The molecule has 1 aromatic rings. The summed E-state index contributed by atoms with van der Waals surface area (Å²) in [6, 6.07) is -0.284. The molecule has 100 valence electrons. The lowest BCUT2D eigenvalue weighted by molar-refractivity contribution is -0.131. The Morgan fingerprint density at radius 2 is 2.61 bits per heavy atom. The average Bonchev–Trinajstić information content (AvgIpc) is 2.98. The molecule has 6 heteroatoms. The first kappa shape index (κ1) is 13.5. The number of carbonyl (C=O) groups is 1. The number of carbonyl (C=O) groups excluding carboxylic acids is 1. The summed E-state index contributed by atoms with van der Waals surface area (Å²) in [7, 11) is 0. The lowest BCUT2D eigenvalue weighted by atomic mass is 9.84. The number of hydrogen-bond acceptors (Lipinski definition) is 5. The second-order valence-electron chi connectivity index (χ2n) is 4.84. The van der Waals surface area contributed by atoms with Crippen molar-refractivity contribution in [2.24, 2.45) is 11.1 Å². The normalized spacial score (nSPS) is 29.2. The number of ether oxygens (including phenoxy) is 1. The Kier molecular flexibility index (Phi) is 3.99. The molecule has 1 amide bonds. The number of nitrogens with two attached hydrogens (primary N) is 1. The minimum absolute atomic E-state index is 0.0397. The van der Waals surface area contributed by atoms with E-state index in [1.165, 1.54) is 0 Å². The lowest BCUT2D eigenvalue weighted by Gasteiger charge is -2.27. The third-order valence-corrected chi connectivity index (χ3v) is 4.39. The van der Waals surface area contributed by atoms with E-state index in [1.54, 1.807) is 17.5 Å². The fraction of sp³-hybridized carbons (Fsp3) is 0.667. The SMILES string of the molecule is CCC(NC(=O)C1(C)COCC1N)c1nccs1. The van der Waals surface area contributed by atoms with Gasteiger partial charge in [0.25, 0.3) is 0 Å². The lowest BCUT2D eigenvalue weighted by Crippen LogP contribution is -2.50. The molecule has 0 spiro atoms. The minimum atomic E-state index is -0.634. The van der Waals surface area contributed by atoms with E-state index in [1.807, 2.05) is 19.2 Å². The molecule has 2 heterocycles. The monoisotopic (exact) mass is 269 g/mol. The number of nitrogens with one attached hydrogen (secondary N) is 1. The zero-order valence-corrected chi connectivity index (χ0v) is 11.5. The topological polar surface area (TPSA) is 77.2 Å². The van der Waals surface area contributed by atoms with Crippen LogP contribution in [0.5, 0.6) is 0 Å². The van der Waals surface area contributed by atoms with Crippen molar-refractivity contribution in [3.05, 3.63) is 16.6 Å². The molecular weight excluding hydrogens is 250 g/mol. The number of amides is 1. The third-order valence-electron chi connectivity index (χ3n) is 3.50. The van der Waals surface area contributed by atoms with Gasteiger partial charge in [0.05, 0.1) is 24.7 Å². The van der Waals surface area contributed by atoms with Gasteiger partial charge < -0.3 is 15.8 Å². The molecule has 0 aromatic carbocycles.